The zero-order chi connectivity index (χ0) is 15.0. The highest BCUT2D eigenvalue weighted by Crippen LogP contribution is 2.70. The van der Waals surface area contributed by atoms with Crippen molar-refractivity contribution in [3.8, 4) is 0 Å². The molecule has 3 fully saturated rings. The van der Waals surface area contributed by atoms with Crippen molar-refractivity contribution in [1.82, 2.24) is 0 Å². The third-order valence-electron chi connectivity index (χ3n) is 6.39. The summed E-state index contributed by atoms with van der Waals surface area (Å²) in [4.78, 5) is 0.0911. The van der Waals surface area contributed by atoms with E-state index in [1.54, 1.807) is 0 Å². The van der Waals surface area contributed by atoms with Crippen molar-refractivity contribution >= 4 is 43.5 Å². The Kier molecular flexibility index (Phi) is 3.68. The van der Waals surface area contributed by atoms with E-state index in [-0.39, 0.29) is 37.1 Å². The Bertz CT molecular complexity index is 422. The van der Waals surface area contributed by atoms with E-state index >= 15 is 0 Å². The molecule has 1 saturated heterocycles. The smallest absolute Gasteiger partial charge is 0.100 e. The standard InChI is InChI=1S/C15H23Br2ClO2/c1-12(2)11(16)9(19)6-15(8-20-15)14(12)5-4-13(3,17)10(18)7-14/h9-11,19H,4-8H2,1-3H3. The first-order chi connectivity index (χ1) is 9.08. The summed E-state index contributed by atoms with van der Waals surface area (Å²) in [5.74, 6) is 0. The molecule has 1 N–H and O–H groups in total. The fourth-order valence-electron chi connectivity index (χ4n) is 4.68. The molecule has 20 heavy (non-hydrogen) atoms. The van der Waals surface area contributed by atoms with Crippen molar-refractivity contribution in [3.05, 3.63) is 0 Å². The second-order valence-corrected chi connectivity index (χ2v) is 11.0. The van der Waals surface area contributed by atoms with Gasteiger partial charge in [0.25, 0.3) is 0 Å². The summed E-state index contributed by atoms with van der Waals surface area (Å²) in [7, 11) is 0. The second-order valence-electron chi connectivity index (χ2n) is 7.71. The van der Waals surface area contributed by atoms with Gasteiger partial charge in [0.2, 0.25) is 0 Å². The molecular weight excluding hydrogens is 407 g/mol. The highest BCUT2D eigenvalue weighted by Gasteiger charge is 2.73. The SMILES string of the molecule is CC1(Br)CCC2(CC1Cl)C1(CO1)CC(O)C(Br)C2(C)C. The van der Waals surface area contributed by atoms with Crippen LogP contribution in [0, 0.1) is 10.8 Å². The fourth-order valence-corrected chi connectivity index (χ4v) is 6.04. The molecule has 2 spiro atoms. The van der Waals surface area contributed by atoms with E-state index < -0.39 is 0 Å². The molecule has 2 saturated carbocycles. The number of halogens is 3. The highest BCUT2D eigenvalue weighted by atomic mass is 79.9. The van der Waals surface area contributed by atoms with Gasteiger partial charge in [0, 0.05) is 26.4 Å². The van der Waals surface area contributed by atoms with E-state index in [4.69, 9.17) is 16.3 Å². The predicted octanol–water partition coefficient (Wildman–Crippen LogP) is 4.24. The third-order valence-corrected chi connectivity index (χ3v) is 9.99. The first kappa shape index (κ1) is 16.0. The van der Waals surface area contributed by atoms with Crippen LogP contribution < -0.4 is 0 Å². The van der Waals surface area contributed by atoms with Crippen molar-refractivity contribution in [2.75, 3.05) is 6.61 Å². The molecule has 0 amide bonds. The average Bonchev–Trinajstić information content (AvgIpc) is 3.11. The van der Waals surface area contributed by atoms with Crippen molar-refractivity contribution in [3.63, 3.8) is 0 Å². The minimum Gasteiger partial charge on any atom is -0.392 e. The number of fused-ring (bicyclic) bond motifs is 1. The second kappa shape index (κ2) is 4.59. The zero-order valence-corrected chi connectivity index (χ0v) is 16.2. The van der Waals surface area contributed by atoms with E-state index in [1.807, 2.05) is 0 Å². The van der Waals surface area contributed by atoms with Gasteiger partial charge in [-0.15, -0.1) is 11.6 Å². The van der Waals surface area contributed by atoms with Gasteiger partial charge >= 0.3 is 0 Å². The van der Waals surface area contributed by atoms with Gasteiger partial charge in [0.15, 0.2) is 0 Å². The van der Waals surface area contributed by atoms with Crippen molar-refractivity contribution in [2.45, 2.75) is 72.7 Å². The zero-order valence-electron chi connectivity index (χ0n) is 12.3. The average molecular weight is 431 g/mol. The van der Waals surface area contributed by atoms with Crippen LogP contribution in [-0.2, 0) is 4.74 Å². The maximum atomic E-state index is 10.4. The Labute approximate surface area is 143 Å². The predicted molar refractivity (Wildman–Crippen MR) is 89.1 cm³/mol. The molecule has 1 aliphatic heterocycles. The number of ether oxygens (including phenoxy) is 1. The summed E-state index contributed by atoms with van der Waals surface area (Å²) < 4.78 is 5.95. The lowest BCUT2D eigenvalue weighted by Crippen LogP contribution is -2.65. The molecule has 0 radical (unpaired) electrons. The summed E-state index contributed by atoms with van der Waals surface area (Å²) in [6.07, 6.45) is 3.47. The highest BCUT2D eigenvalue weighted by molar-refractivity contribution is 9.10. The van der Waals surface area contributed by atoms with E-state index in [1.165, 1.54) is 0 Å². The number of epoxide rings is 1. The van der Waals surface area contributed by atoms with Crippen molar-refractivity contribution < 1.29 is 9.84 Å². The van der Waals surface area contributed by atoms with Crippen molar-refractivity contribution in [2.24, 2.45) is 10.8 Å². The molecule has 3 rings (SSSR count). The minimum absolute atomic E-state index is 0.00381. The van der Waals surface area contributed by atoms with Crippen LogP contribution in [0.2, 0.25) is 0 Å². The van der Waals surface area contributed by atoms with Crippen LogP contribution in [0.1, 0.15) is 46.5 Å². The van der Waals surface area contributed by atoms with Crippen molar-refractivity contribution in [1.29, 1.82) is 0 Å². The number of alkyl halides is 3. The molecule has 6 unspecified atom stereocenters. The summed E-state index contributed by atoms with van der Waals surface area (Å²) in [5, 5.41) is 10.5. The van der Waals surface area contributed by atoms with Crippen LogP contribution in [0.3, 0.4) is 0 Å². The topological polar surface area (TPSA) is 32.8 Å². The van der Waals surface area contributed by atoms with Crippen LogP contribution in [0.4, 0.5) is 0 Å². The number of aliphatic hydroxyl groups excluding tert-OH is 1. The molecule has 6 atom stereocenters. The summed E-state index contributed by atoms with van der Waals surface area (Å²) >= 11 is 14.3. The fraction of sp³-hybridized carbons (Fsp3) is 1.00. The Hall–Kier alpha value is 1.17. The molecule has 0 aromatic carbocycles. The van der Waals surface area contributed by atoms with Gasteiger partial charge in [0.1, 0.15) is 5.60 Å². The van der Waals surface area contributed by atoms with Gasteiger partial charge in [-0.2, -0.15) is 0 Å². The molecule has 116 valence electrons. The van der Waals surface area contributed by atoms with E-state index in [2.05, 4.69) is 52.6 Å². The first-order valence-corrected chi connectivity index (χ1v) is 9.52. The van der Waals surface area contributed by atoms with Gasteiger partial charge in [-0.1, -0.05) is 45.7 Å². The molecule has 2 aliphatic carbocycles. The molecule has 3 aliphatic rings. The molecule has 1 heterocycles. The van der Waals surface area contributed by atoms with Crippen LogP contribution in [0.5, 0.6) is 0 Å². The Morgan fingerprint density at radius 3 is 2.30 bits per heavy atom. The van der Waals surface area contributed by atoms with Gasteiger partial charge in [-0.05, 0) is 31.6 Å². The lowest BCUT2D eigenvalue weighted by atomic mass is 9.46. The number of hydrogen-bond donors (Lipinski definition) is 1. The Morgan fingerprint density at radius 2 is 1.80 bits per heavy atom. The molecule has 5 heteroatoms. The lowest BCUT2D eigenvalue weighted by Gasteiger charge is -2.61. The quantitative estimate of drug-likeness (QED) is 0.461. The maximum Gasteiger partial charge on any atom is 0.100 e. The number of hydrogen-bond acceptors (Lipinski definition) is 2. The summed E-state index contributed by atoms with van der Waals surface area (Å²) in [6, 6.07) is 0. The summed E-state index contributed by atoms with van der Waals surface area (Å²) in [6.45, 7) is 7.49. The largest absolute Gasteiger partial charge is 0.392 e. The Balaban J connectivity index is 2.01. The maximum absolute atomic E-state index is 10.4. The molecule has 0 aromatic heterocycles. The van der Waals surface area contributed by atoms with Gasteiger partial charge in [-0.3, -0.25) is 0 Å². The lowest BCUT2D eigenvalue weighted by molar-refractivity contribution is -0.120. The van der Waals surface area contributed by atoms with Crippen LogP contribution in [0.15, 0.2) is 0 Å². The van der Waals surface area contributed by atoms with Crippen LogP contribution in [-0.4, -0.2) is 37.9 Å². The van der Waals surface area contributed by atoms with Gasteiger partial charge in [-0.25, -0.2) is 0 Å². The van der Waals surface area contributed by atoms with E-state index in [9.17, 15) is 5.11 Å². The minimum atomic E-state index is -0.343. The van der Waals surface area contributed by atoms with Crippen LogP contribution >= 0.6 is 43.5 Å². The van der Waals surface area contributed by atoms with Gasteiger partial charge in [0.05, 0.1) is 12.7 Å². The Morgan fingerprint density at radius 1 is 1.20 bits per heavy atom. The number of aliphatic hydroxyl groups is 1. The number of rotatable bonds is 0. The first-order valence-electron chi connectivity index (χ1n) is 7.37. The van der Waals surface area contributed by atoms with Crippen LogP contribution in [0.25, 0.3) is 0 Å². The normalized spacial score (nSPS) is 58.0. The monoisotopic (exact) mass is 428 g/mol. The van der Waals surface area contributed by atoms with E-state index in [0.717, 1.165) is 32.3 Å². The third kappa shape index (κ3) is 1.94. The molecule has 0 bridgehead atoms. The van der Waals surface area contributed by atoms with E-state index in [0.29, 0.717) is 0 Å². The molecule has 0 aromatic rings. The van der Waals surface area contributed by atoms with Gasteiger partial charge < -0.3 is 9.84 Å². The molecular formula is C15H23Br2ClO2. The summed E-state index contributed by atoms with van der Waals surface area (Å²) in [5.41, 5.74) is -0.151. The molecule has 2 nitrogen and oxygen atoms in total.